The summed E-state index contributed by atoms with van der Waals surface area (Å²) in [5.74, 6) is -1.55. The molecule has 10 heteroatoms. The van der Waals surface area contributed by atoms with Gasteiger partial charge in [-0.05, 0) is 49.1 Å². The van der Waals surface area contributed by atoms with Gasteiger partial charge in [0.25, 0.3) is 0 Å². The van der Waals surface area contributed by atoms with E-state index < -0.39 is 34.3 Å². The molecule has 1 unspecified atom stereocenters. The van der Waals surface area contributed by atoms with Gasteiger partial charge in [0.15, 0.2) is 0 Å². The van der Waals surface area contributed by atoms with E-state index in [4.69, 9.17) is 11.6 Å². The van der Waals surface area contributed by atoms with Crippen LogP contribution in [0.5, 0.6) is 0 Å². The molecule has 1 aliphatic rings. The summed E-state index contributed by atoms with van der Waals surface area (Å²) in [5.41, 5.74) is 2.72. The smallest absolute Gasteiger partial charge is 0.244 e. The van der Waals surface area contributed by atoms with Crippen LogP contribution in [0.1, 0.15) is 48.8 Å². The number of nitrogens with zero attached hydrogens (tertiary/aromatic N) is 2. The Kier molecular flexibility index (Phi) is 10.6. The molecule has 0 heterocycles. The van der Waals surface area contributed by atoms with E-state index in [1.165, 1.54) is 17.0 Å². The summed E-state index contributed by atoms with van der Waals surface area (Å²) in [6.45, 7) is 1.45. The van der Waals surface area contributed by atoms with Crippen LogP contribution in [0.15, 0.2) is 72.8 Å². The zero-order valence-electron chi connectivity index (χ0n) is 23.9. The minimum Gasteiger partial charge on any atom is -0.352 e. The first-order valence-electron chi connectivity index (χ1n) is 14.1. The van der Waals surface area contributed by atoms with Gasteiger partial charge < -0.3 is 10.2 Å². The van der Waals surface area contributed by atoms with Crippen molar-refractivity contribution in [3.63, 3.8) is 0 Å². The number of benzene rings is 3. The number of nitrogens with one attached hydrogen (secondary N) is 1. The van der Waals surface area contributed by atoms with Gasteiger partial charge in [-0.2, -0.15) is 0 Å². The highest BCUT2D eigenvalue weighted by atomic mass is 35.5. The van der Waals surface area contributed by atoms with Crippen molar-refractivity contribution in [2.45, 2.75) is 64.1 Å². The Bertz CT molecular complexity index is 1500. The molecule has 1 fully saturated rings. The molecule has 0 aliphatic heterocycles. The number of hydrogen-bond acceptors (Lipinski definition) is 4. The molecule has 1 atom stereocenters. The van der Waals surface area contributed by atoms with E-state index in [1.54, 1.807) is 0 Å². The van der Waals surface area contributed by atoms with Gasteiger partial charge in [-0.15, -0.1) is 0 Å². The molecular formula is C32H37ClFN3O4S. The lowest BCUT2D eigenvalue weighted by Gasteiger charge is -2.35. The lowest BCUT2D eigenvalue weighted by molar-refractivity contribution is -0.140. The maximum atomic E-state index is 14.2. The van der Waals surface area contributed by atoms with Crippen LogP contribution >= 0.6 is 11.6 Å². The van der Waals surface area contributed by atoms with Gasteiger partial charge >= 0.3 is 0 Å². The molecule has 2 amide bonds. The number of rotatable bonds is 11. The molecule has 3 aromatic rings. The standard InChI is InChI=1S/C32H37ClFN3O4S/c1-23-10-9-13-25(18-23)21-36(31(38)22-37(42(2,40)41)27-16-17-29(34)28(33)20-27)30(19-24-11-5-3-6-12-24)32(39)35-26-14-7-4-8-15-26/h3,5-6,9-13,16-18,20,26,30H,4,7-8,14-15,19,21-22H2,1-2H3,(H,35,39). The summed E-state index contributed by atoms with van der Waals surface area (Å²) in [7, 11) is -3.98. The van der Waals surface area contributed by atoms with Crippen molar-refractivity contribution in [1.82, 2.24) is 10.2 Å². The predicted molar refractivity (Wildman–Crippen MR) is 164 cm³/mol. The minimum absolute atomic E-state index is 0.0225. The lowest BCUT2D eigenvalue weighted by atomic mass is 9.94. The van der Waals surface area contributed by atoms with Gasteiger partial charge in [-0.1, -0.05) is 91.0 Å². The average Bonchev–Trinajstić information content (AvgIpc) is 2.95. The fraction of sp³-hybridized carbons (Fsp3) is 0.375. The van der Waals surface area contributed by atoms with E-state index in [-0.39, 0.29) is 35.6 Å². The monoisotopic (exact) mass is 613 g/mol. The maximum Gasteiger partial charge on any atom is 0.244 e. The maximum absolute atomic E-state index is 14.2. The molecule has 1 aliphatic carbocycles. The molecule has 7 nitrogen and oxygen atoms in total. The van der Waals surface area contributed by atoms with Crippen LogP contribution in [-0.4, -0.2) is 50.0 Å². The second-order valence-corrected chi connectivity index (χ2v) is 13.2. The van der Waals surface area contributed by atoms with Crippen molar-refractivity contribution in [1.29, 1.82) is 0 Å². The second-order valence-electron chi connectivity index (χ2n) is 10.9. The van der Waals surface area contributed by atoms with Crippen molar-refractivity contribution in [3.05, 3.63) is 100 Å². The van der Waals surface area contributed by atoms with Gasteiger partial charge in [0.1, 0.15) is 18.4 Å². The number of aryl methyl sites for hydroxylation is 1. The minimum atomic E-state index is -3.98. The lowest BCUT2D eigenvalue weighted by Crippen LogP contribution is -2.55. The number of halogens is 2. The summed E-state index contributed by atoms with van der Waals surface area (Å²) in [4.78, 5) is 29.6. The predicted octanol–water partition coefficient (Wildman–Crippen LogP) is 5.64. The third-order valence-electron chi connectivity index (χ3n) is 7.53. The molecule has 0 radical (unpaired) electrons. The SMILES string of the molecule is Cc1cccc(CN(C(=O)CN(c2ccc(F)c(Cl)c2)S(C)(=O)=O)C(Cc2ccccc2)C(=O)NC2CCCCC2)c1. The van der Waals surface area contributed by atoms with Gasteiger partial charge in [-0.25, -0.2) is 12.8 Å². The van der Waals surface area contributed by atoms with Crippen LogP contribution in [-0.2, 0) is 32.6 Å². The number of hydrogen-bond donors (Lipinski definition) is 1. The van der Waals surface area contributed by atoms with Crippen molar-refractivity contribution in [2.24, 2.45) is 0 Å². The van der Waals surface area contributed by atoms with Gasteiger partial charge in [0.2, 0.25) is 21.8 Å². The Labute approximate surface area is 252 Å². The van der Waals surface area contributed by atoms with E-state index >= 15 is 0 Å². The zero-order valence-corrected chi connectivity index (χ0v) is 25.5. The van der Waals surface area contributed by atoms with E-state index in [0.29, 0.717) is 0 Å². The zero-order chi connectivity index (χ0) is 30.3. The molecule has 3 aromatic carbocycles. The molecule has 4 rings (SSSR count). The van der Waals surface area contributed by atoms with Crippen molar-refractivity contribution in [3.8, 4) is 0 Å². The highest BCUT2D eigenvalue weighted by Crippen LogP contribution is 2.26. The summed E-state index contributed by atoms with van der Waals surface area (Å²) >= 11 is 5.96. The molecule has 1 N–H and O–H groups in total. The van der Waals surface area contributed by atoms with Crippen LogP contribution in [0.3, 0.4) is 0 Å². The quantitative estimate of drug-likeness (QED) is 0.303. The van der Waals surface area contributed by atoms with E-state index in [0.717, 1.165) is 65.4 Å². The summed E-state index contributed by atoms with van der Waals surface area (Å²) in [6.07, 6.45) is 6.17. The molecule has 1 saturated carbocycles. The highest BCUT2D eigenvalue weighted by Gasteiger charge is 2.34. The van der Waals surface area contributed by atoms with Crippen LogP contribution in [0.25, 0.3) is 0 Å². The molecule has 0 aromatic heterocycles. The summed E-state index contributed by atoms with van der Waals surface area (Å²) in [5, 5.41) is 2.91. The number of carbonyl (C=O) groups is 2. The Morgan fingerprint density at radius 2 is 1.67 bits per heavy atom. The fourth-order valence-electron chi connectivity index (χ4n) is 5.36. The summed E-state index contributed by atoms with van der Waals surface area (Å²) in [6, 6.07) is 19.7. The second kappa shape index (κ2) is 14.2. The third kappa shape index (κ3) is 8.55. The van der Waals surface area contributed by atoms with Crippen LogP contribution in [0.4, 0.5) is 10.1 Å². The fourth-order valence-corrected chi connectivity index (χ4v) is 6.38. The van der Waals surface area contributed by atoms with E-state index in [2.05, 4.69) is 5.32 Å². The Hall–Kier alpha value is -3.43. The van der Waals surface area contributed by atoms with Crippen LogP contribution < -0.4 is 9.62 Å². The van der Waals surface area contributed by atoms with Crippen LogP contribution in [0.2, 0.25) is 5.02 Å². The average molecular weight is 614 g/mol. The Morgan fingerprint density at radius 1 is 0.976 bits per heavy atom. The number of anilines is 1. The van der Waals surface area contributed by atoms with Gasteiger partial charge in [0, 0.05) is 19.0 Å². The summed E-state index contributed by atoms with van der Waals surface area (Å²) < 4.78 is 40.6. The van der Waals surface area contributed by atoms with Crippen molar-refractivity contribution in [2.75, 3.05) is 17.1 Å². The largest absolute Gasteiger partial charge is 0.352 e. The first-order chi connectivity index (χ1) is 20.0. The molecular weight excluding hydrogens is 577 g/mol. The normalized spacial score (nSPS) is 14.7. The molecule has 0 bridgehead atoms. The molecule has 0 saturated heterocycles. The number of sulfonamides is 1. The molecule has 224 valence electrons. The van der Waals surface area contributed by atoms with Gasteiger partial charge in [0.05, 0.1) is 17.0 Å². The molecule has 42 heavy (non-hydrogen) atoms. The topological polar surface area (TPSA) is 86.8 Å². The van der Waals surface area contributed by atoms with Crippen LogP contribution in [0, 0.1) is 12.7 Å². The first kappa shape index (κ1) is 31.5. The molecule has 0 spiro atoms. The van der Waals surface area contributed by atoms with Crippen molar-refractivity contribution >= 4 is 39.1 Å². The van der Waals surface area contributed by atoms with E-state index in [1.807, 2.05) is 61.5 Å². The number of carbonyl (C=O) groups excluding carboxylic acids is 2. The number of amides is 2. The van der Waals surface area contributed by atoms with Gasteiger partial charge in [-0.3, -0.25) is 13.9 Å². The first-order valence-corrected chi connectivity index (χ1v) is 16.4. The van der Waals surface area contributed by atoms with Crippen molar-refractivity contribution < 1.29 is 22.4 Å². The Balaban J connectivity index is 1.73. The third-order valence-corrected chi connectivity index (χ3v) is 8.96. The Morgan fingerprint density at radius 3 is 2.31 bits per heavy atom. The highest BCUT2D eigenvalue weighted by molar-refractivity contribution is 7.92. The van der Waals surface area contributed by atoms with E-state index in [9.17, 15) is 22.4 Å².